The fourth-order valence-electron chi connectivity index (χ4n) is 4.22. The molecule has 0 aromatic carbocycles. The van der Waals surface area contributed by atoms with E-state index in [2.05, 4.69) is 25.3 Å². The van der Waals surface area contributed by atoms with Crippen LogP contribution in [0.5, 0.6) is 0 Å². The molecule has 0 amide bonds. The lowest BCUT2D eigenvalue weighted by molar-refractivity contribution is -0.0457. The van der Waals surface area contributed by atoms with Gasteiger partial charge in [-0.1, -0.05) is 6.92 Å². The molecule has 3 heterocycles. The molecule has 0 unspecified atom stereocenters. The summed E-state index contributed by atoms with van der Waals surface area (Å²) < 4.78 is 41.6. The number of aliphatic hydroxyl groups excluding tert-OH is 1. The van der Waals surface area contributed by atoms with Crippen LogP contribution < -0.4 is 5.32 Å². The van der Waals surface area contributed by atoms with Gasteiger partial charge in [-0.05, 0) is 43.7 Å². The standard InChI is InChI=1S/C23H26F3N5O2/c1-2-14(11-32)31-22-18-17(10-27-21(18)28-12-29-22)19(33)16-4-3-15(30-20(16)24)9-13-5-7-23(25,26)8-6-13/h3-4,10,12-14,32H,2,5-9,11H2,1H3,(H2,27,28,29,31)/t14-/m1/s1. The van der Waals surface area contributed by atoms with Crippen molar-refractivity contribution in [3.05, 3.63) is 47.4 Å². The Morgan fingerprint density at radius 2 is 2.03 bits per heavy atom. The first-order chi connectivity index (χ1) is 15.8. The number of anilines is 1. The first kappa shape index (κ1) is 23.2. The van der Waals surface area contributed by atoms with E-state index in [9.17, 15) is 23.1 Å². The number of rotatable bonds is 8. The average Bonchev–Trinajstić information content (AvgIpc) is 3.23. The maximum absolute atomic E-state index is 14.8. The molecule has 0 aliphatic heterocycles. The van der Waals surface area contributed by atoms with Crippen LogP contribution in [0.2, 0.25) is 0 Å². The zero-order valence-electron chi connectivity index (χ0n) is 18.2. The Labute approximate surface area is 188 Å². The minimum atomic E-state index is -2.61. The van der Waals surface area contributed by atoms with Gasteiger partial charge in [0, 0.05) is 24.7 Å². The summed E-state index contributed by atoms with van der Waals surface area (Å²) in [7, 11) is 0. The molecule has 10 heteroatoms. The van der Waals surface area contributed by atoms with E-state index in [4.69, 9.17) is 0 Å². The van der Waals surface area contributed by atoms with Gasteiger partial charge in [0.25, 0.3) is 0 Å². The number of nitrogens with one attached hydrogen (secondary N) is 2. The van der Waals surface area contributed by atoms with E-state index in [1.807, 2.05) is 6.92 Å². The predicted molar refractivity (Wildman–Crippen MR) is 117 cm³/mol. The van der Waals surface area contributed by atoms with Gasteiger partial charge in [0.15, 0.2) is 5.78 Å². The number of H-pyrrole nitrogens is 1. The highest BCUT2D eigenvalue weighted by Crippen LogP contribution is 2.37. The van der Waals surface area contributed by atoms with E-state index in [0.29, 0.717) is 48.2 Å². The van der Waals surface area contributed by atoms with Crippen LogP contribution in [0.4, 0.5) is 19.0 Å². The van der Waals surface area contributed by atoms with Gasteiger partial charge in [0.05, 0.1) is 29.2 Å². The molecule has 1 aliphatic rings. The first-order valence-electron chi connectivity index (χ1n) is 11.1. The van der Waals surface area contributed by atoms with Crippen molar-refractivity contribution in [1.29, 1.82) is 0 Å². The second-order valence-corrected chi connectivity index (χ2v) is 8.55. The van der Waals surface area contributed by atoms with Crippen LogP contribution in [0, 0.1) is 11.9 Å². The number of carbonyl (C=O) groups is 1. The van der Waals surface area contributed by atoms with Crippen LogP contribution in [0.3, 0.4) is 0 Å². The number of aromatic amines is 1. The van der Waals surface area contributed by atoms with Gasteiger partial charge in [-0.15, -0.1) is 0 Å². The predicted octanol–water partition coefficient (Wildman–Crippen LogP) is 4.27. The number of ketones is 1. The number of nitrogens with zero attached hydrogens (tertiary/aromatic N) is 3. The van der Waals surface area contributed by atoms with E-state index >= 15 is 0 Å². The van der Waals surface area contributed by atoms with Gasteiger partial charge < -0.3 is 15.4 Å². The molecule has 3 aromatic rings. The lowest BCUT2D eigenvalue weighted by atomic mass is 9.84. The van der Waals surface area contributed by atoms with Gasteiger partial charge in [-0.2, -0.15) is 4.39 Å². The number of pyridine rings is 1. The fourth-order valence-corrected chi connectivity index (χ4v) is 4.22. The summed E-state index contributed by atoms with van der Waals surface area (Å²) in [5, 5.41) is 13.0. The van der Waals surface area contributed by atoms with E-state index in [1.54, 1.807) is 6.07 Å². The Morgan fingerprint density at radius 1 is 1.27 bits per heavy atom. The Balaban J connectivity index is 1.57. The molecule has 0 saturated heterocycles. The number of carbonyl (C=O) groups excluding carboxylic acids is 1. The normalized spacial score (nSPS) is 17.2. The van der Waals surface area contributed by atoms with Crippen LogP contribution in [-0.2, 0) is 6.42 Å². The van der Waals surface area contributed by atoms with Crippen LogP contribution in [0.15, 0.2) is 24.7 Å². The summed E-state index contributed by atoms with van der Waals surface area (Å²) in [5.74, 6) is -3.71. The third-order valence-corrected chi connectivity index (χ3v) is 6.25. The fraction of sp³-hybridized carbons (Fsp3) is 0.478. The minimum absolute atomic E-state index is 0.0236. The van der Waals surface area contributed by atoms with Crippen LogP contribution in [0.1, 0.15) is 60.6 Å². The van der Waals surface area contributed by atoms with Gasteiger partial charge in [0.1, 0.15) is 17.8 Å². The Kier molecular flexibility index (Phi) is 6.64. The lowest BCUT2D eigenvalue weighted by Gasteiger charge is -2.28. The number of aliphatic hydroxyl groups is 1. The van der Waals surface area contributed by atoms with Crippen LogP contribution in [0.25, 0.3) is 11.0 Å². The molecule has 33 heavy (non-hydrogen) atoms. The van der Waals surface area contributed by atoms with Crippen molar-refractivity contribution in [2.24, 2.45) is 5.92 Å². The lowest BCUT2D eigenvalue weighted by Crippen LogP contribution is -2.25. The molecule has 3 aromatic heterocycles. The van der Waals surface area contributed by atoms with Gasteiger partial charge in [-0.3, -0.25) is 4.79 Å². The van der Waals surface area contributed by atoms with Crippen LogP contribution >= 0.6 is 0 Å². The van der Waals surface area contributed by atoms with Crippen molar-refractivity contribution < 1.29 is 23.1 Å². The topological polar surface area (TPSA) is 104 Å². The van der Waals surface area contributed by atoms with E-state index in [-0.39, 0.29) is 42.5 Å². The van der Waals surface area contributed by atoms with Gasteiger partial charge in [0.2, 0.25) is 11.9 Å². The van der Waals surface area contributed by atoms with Crippen LogP contribution in [-0.4, -0.2) is 49.4 Å². The molecule has 0 radical (unpaired) electrons. The molecule has 176 valence electrons. The number of fused-ring (bicyclic) bond motifs is 1. The monoisotopic (exact) mass is 461 g/mol. The third-order valence-electron chi connectivity index (χ3n) is 6.25. The van der Waals surface area contributed by atoms with E-state index < -0.39 is 17.7 Å². The molecule has 1 fully saturated rings. The van der Waals surface area contributed by atoms with Crippen molar-refractivity contribution in [3.63, 3.8) is 0 Å². The second kappa shape index (κ2) is 9.46. The van der Waals surface area contributed by atoms with Crippen molar-refractivity contribution in [1.82, 2.24) is 19.9 Å². The average molecular weight is 461 g/mol. The summed E-state index contributed by atoms with van der Waals surface area (Å²) in [6, 6.07) is 2.70. The van der Waals surface area contributed by atoms with Gasteiger partial charge in [-0.25, -0.2) is 23.7 Å². The highest BCUT2D eigenvalue weighted by Gasteiger charge is 2.35. The smallest absolute Gasteiger partial charge is 0.248 e. The Morgan fingerprint density at radius 3 is 2.70 bits per heavy atom. The maximum atomic E-state index is 14.8. The molecule has 0 spiro atoms. The van der Waals surface area contributed by atoms with Gasteiger partial charge >= 0.3 is 0 Å². The Bertz CT molecular complexity index is 1140. The highest BCUT2D eigenvalue weighted by atomic mass is 19.3. The summed E-state index contributed by atoms with van der Waals surface area (Å²) in [6.45, 7) is 1.78. The SMILES string of the molecule is CC[C@H](CO)Nc1ncnc2[nH]cc(C(=O)c3ccc(CC4CCC(F)(F)CC4)nc3F)c12. The van der Waals surface area contributed by atoms with Crippen molar-refractivity contribution in [2.45, 2.75) is 57.4 Å². The first-order valence-corrected chi connectivity index (χ1v) is 11.1. The van der Waals surface area contributed by atoms with E-state index in [1.165, 1.54) is 18.6 Å². The number of halogens is 3. The molecule has 1 saturated carbocycles. The van der Waals surface area contributed by atoms with Crippen molar-refractivity contribution in [3.8, 4) is 0 Å². The maximum Gasteiger partial charge on any atom is 0.248 e. The second-order valence-electron chi connectivity index (χ2n) is 8.55. The zero-order valence-corrected chi connectivity index (χ0v) is 18.2. The zero-order chi connectivity index (χ0) is 23.6. The molecule has 0 bridgehead atoms. The largest absolute Gasteiger partial charge is 0.394 e. The number of aromatic nitrogens is 4. The number of hydrogen-bond acceptors (Lipinski definition) is 6. The summed E-state index contributed by atoms with van der Waals surface area (Å²) in [5.41, 5.74) is 0.836. The highest BCUT2D eigenvalue weighted by molar-refractivity contribution is 6.18. The molecular weight excluding hydrogens is 435 g/mol. The quantitative estimate of drug-likeness (QED) is 0.342. The van der Waals surface area contributed by atoms with Crippen molar-refractivity contribution in [2.75, 3.05) is 11.9 Å². The summed E-state index contributed by atoms with van der Waals surface area (Å²) >= 11 is 0. The number of alkyl halides is 2. The number of hydrogen-bond donors (Lipinski definition) is 3. The van der Waals surface area contributed by atoms with E-state index in [0.717, 1.165) is 0 Å². The molecule has 1 atom stereocenters. The molecule has 3 N–H and O–H groups in total. The molecule has 4 rings (SSSR count). The molecule has 1 aliphatic carbocycles. The van der Waals surface area contributed by atoms with Crippen molar-refractivity contribution >= 4 is 22.6 Å². The Hall–Kier alpha value is -3.01. The molecule has 7 nitrogen and oxygen atoms in total. The minimum Gasteiger partial charge on any atom is -0.394 e. The summed E-state index contributed by atoms with van der Waals surface area (Å²) in [6.07, 6.45) is 4.23. The molecular formula is C23H26F3N5O2. The third kappa shape index (κ3) is 5.00. The summed E-state index contributed by atoms with van der Waals surface area (Å²) in [4.78, 5) is 28.3.